The highest BCUT2D eigenvalue weighted by molar-refractivity contribution is 7.80. The minimum Gasteiger partial charge on any atom is -0.478 e. The average molecular weight is 312 g/mol. The van der Waals surface area contributed by atoms with E-state index in [1.165, 1.54) is 6.20 Å². The fraction of sp³-hybridized carbons (Fsp3) is 0.286. The van der Waals surface area contributed by atoms with E-state index >= 15 is 0 Å². The van der Waals surface area contributed by atoms with Gasteiger partial charge in [-0.3, -0.25) is 4.79 Å². The number of benzene rings is 1. The molecule has 0 aliphatic rings. The van der Waals surface area contributed by atoms with Gasteiger partial charge in [0.05, 0.1) is 5.56 Å². The van der Waals surface area contributed by atoms with Gasteiger partial charge in [0, 0.05) is 28.5 Å². The Hall–Kier alpha value is -1.83. The topological polar surface area (TPSA) is 116 Å². The Morgan fingerprint density at radius 2 is 1.86 bits per heavy atom. The maximum atomic E-state index is 11.4. The largest absolute Gasteiger partial charge is 0.478 e. The number of carbonyl (C=O) groups is 1. The lowest BCUT2D eigenvalue weighted by Gasteiger charge is -2.01. The van der Waals surface area contributed by atoms with Gasteiger partial charge < -0.3 is 20.9 Å². The molecule has 0 aliphatic carbocycles. The van der Waals surface area contributed by atoms with E-state index in [2.05, 4.69) is 17.6 Å². The van der Waals surface area contributed by atoms with Gasteiger partial charge in [-0.05, 0) is 25.6 Å². The molecule has 0 saturated carbocycles. The molecule has 5 N–H and O–H groups in total. The van der Waals surface area contributed by atoms with Crippen LogP contribution in [0, 0.1) is 0 Å². The summed E-state index contributed by atoms with van der Waals surface area (Å²) in [7, 11) is 0. The number of aromatic amines is 1. The molecule has 6 nitrogen and oxygen atoms in total. The van der Waals surface area contributed by atoms with Gasteiger partial charge in [-0.2, -0.15) is 0 Å². The second-order valence-electron chi connectivity index (χ2n) is 3.79. The molecule has 0 radical (unpaired) electrons. The number of hydrogen-bond acceptors (Lipinski definition) is 5. The lowest BCUT2D eigenvalue weighted by molar-refractivity contribution is 0.0698. The van der Waals surface area contributed by atoms with Crippen LogP contribution in [-0.4, -0.2) is 34.3 Å². The van der Waals surface area contributed by atoms with Crippen molar-refractivity contribution in [3.05, 3.63) is 40.3 Å². The molecule has 21 heavy (non-hydrogen) atoms. The molecular formula is C14H20N2O4S. The summed E-state index contributed by atoms with van der Waals surface area (Å²) < 4.78 is 0. The first-order valence-corrected chi connectivity index (χ1v) is 6.76. The van der Waals surface area contributed by atoms with Gasteiger partial charge in [-0.25, -0.2) is 4.79 Å². The third-order valence-electron chi connectivity index (χ3n) is 2.12. The van der Waals surface area contributed by atoms with E-state index in [4.69, 9.17) is 15.9 Å². The highest BCUT2D eigenvalue weighted by Gasteiger charge is 2.10. The number of nitrogens with one attached hydrogen (secondary N) is 1. The van der Waals surface area contributed by atoms with Gasteiger partial charge in [-0.1, -0.05) is 13.0 Å². The number of H-pyrrole nitrogens is 1. The summed E-state index contributed by atoms with van der Waals surface area (Å²) >= 11 is 4.09. The number of rotatable bonds is 1. The number of fused-ring (bicyclic) bond motifs is 1. The summed E-state index contributed by atoms with van der Waals surface area (Å²) in [6, 6.07) is 4.78. The molecule has 0 bridgehead atoms. The predicted octanol–water partition coefficient (Wildman–Crippen LogP) is 1.48. The van der Waals surface area contributed by atoms with Crippen molar-refractivity contribution in [3.63, 3.8) is 0 Å². The SMILES string of the molecule is CCN.CCO.O=C(O)c1c[nH]c(=O)c2cc(S)ccc12. The third-order valence-corrected chi connectivity index (χ3v) is 2.39. The molecule has 1 heterocycles. The summed E-state index contributed by atoms with van der Waals surface area (Å²) in [6.07, 6.45) is 1.20. The third kappa shape index (κ3) is 5.99. The van der Waals surface area contributed by atoms with Crippen LogP contribution in [0.1, 0.15) is 24.2 Å². The first kappa shape index (κ1) is 19.2. The molecule has 0 amide bonds. The Morgan fingerprint density at radius 3 is 2.33 bits per heavy atom. The molecule has 0 spiro atoms. The first-order chi connectivity index (χ1) is 9.92. The van der Waals surface area contributed by atoms with E-state index in [1.807, 2.05) is 6.92 Å². The van der Waals surface area contributed by atoms with Crippen LogP contribution in [-0.2, 0) is 0 Å². The van der Waals surface area contributed by atoms with Crippen molar-refractivity contribution in [2.75, 3.05) is 13.2 Å². The Balaban J connectivity index is 0.000000578. The summed E-state index contributed by atoms with van der Waals surface area (Å²) in [5.74, 6) is -1.07. The van der Waals surface area contributed by atoms with Gasteiger partial charge in [0.2, 0.25) is 0 Å². The Bertz CT molecular complexity index is 638. The zero-order valence-corrected chi connectivity index (χ0v) is 12.9. The van der Waals surface area contributed by atoms with Crippen molar-refractivity contribution in [2.45, 2.75) is 18.7 Å². The quantitative estimate of drug-likeness (QED) is 0.511. The number of aromatic nitrogens is 1. The molecule has 7 heteroatoms. The van der Waals surface area contributed by atoms with Crippen LogP contribution in [0.15, 0.2) is 34.1 Å². The lowest BCUT2D eigenvalue weighted by atomic mass is 10.1. The highest BCUT2D eigenvalue weighted by atomic mass is 32.1. The number of carboxylic acids is 1. The van der Waals surface area contributed by atoms with E-state index in [9.17, 15) is 9.59 Å². The maximum Gasteiger partial charge on any atom is 0.337 e. The molecule has 0 saturated heterocycles. The number of aromatic carboxylic acids is 1. The van der Waals surface area contributed by atoms with Crippen molar-refractivity contribution in [3.8, 4) is 0 Å². The van der Waals surface area contributed by atoms with Gasteiger partial charge in [0.1, 0.15) is 0 Å². The highest BCUT2D eigenvalue weighted by Crippen LogP contribution is 2.18. The minimum atomic E-state index is -1.07. The number of aliphatic hydroxyl groups is 1. The van der Waals surface area contributed by atoms with Crippen LogP contribution in [0.5, 0.6) is 0 Å². The number of hydrogen-bond donors (Lipinski definition) is 5. The number of nitrogens with two attached hydrogens (primary N) is 1. The van der Waals surface area contributed by atoms with Crippen LogP contribution < -0.4 is 11.3 Å². The number of aliphatic hydroxyl groups excluding tert-OH is 1. The average Bonchev–Trinajstić information content (AvgIpc) is 2.41. The van der Waals surface area contributed by atoms with Gasteiger partial charge in [0.15, 0.2) is 0 Å². The summed E-state index contributed by atoms with van der Waals surface area (Å²) in [5.41, 5.74) is 4.61. The second kappa shape index (κ2) is 9.98. The molecule has 1 aromatic heterocycles. The molecule has 116 valence electrons. The van der Waals surface area contributed by atoms with E-state index in [-0.39, 0.29) is 17.7 Å². The Kier molecular flexibility index (Phi) is 9.11. The fourth-order valence-corrected chi connectivity index (χ4v) is 1.63. The van der Waals surface area contributed by atoms with Gasteiger partial charge in [0.25, 0.3) is 5.56 Å². The molecule has 0 unspecified atom stereocenters. The van der Waals surface area contributed by atoms with Crippen LogP contribution >= 0.6 is 12.6 Å². The maximum absolute atomic E-state index is 11.4. The van der Waals surface area contributed by atoms with E-state index < -0.39 is 5.97 Å². The van der Waals surface area contributed by atoms with E-state index in [0.717, 1.165) is 6.54 Å². The second-order valence-corrected chi connectivity index (χ2v) is 4.31. The fourth-order valence-electron chi connectivity index (χ4n) is 1.43. The molecule has 0 fully saturated rings. The van der Waals surface area contributed by atoms with Crippen molar-refractivity contribution in [1.29, 1.82) is 0 Å². The zero-order chi connectivity index (χ0) is 16.4. The standard InChI is InChI=1S/C10H7NO3S.C2H7N.C2H6O/c12-9-7-3-5(15)1-2-6(7)8(4-11-9)10(13)14;2*1-2-3/h1-4,15H,(H,11,12)(H,13,14);2-3H2,1H3;3H,2H2,1H3. The molecule has 1 aromatic carbocycles. The Labute approximate surface area is 128 Å². The van der Waals surface area contributed by atoms with Gasteiger partial charge >= 0.3 is 5.97 Å². The van der Waals surface area contributed by atoms with Crippen LogP contribution in [0.2, 0.25) is 0 Å². The Morgan fingerprint density at radius 1 is 1.33 bits per heavy atom. The molecule has 2 rings (SSSR count). The number of thiol groups is 1. The van der Waals surface area contributed by atoms with E-state index in [0.29, 0.717) is 15.7 Å². The number of carboxylic acid groups (broad SMARTS) is 1. The zero-order valence-electron chi connectivity index (χ0n) is 12.0. The molecule has 0 atom stereocenters. The smallest absolute Gasteiger partial charge is 0.337 e. The van der Waals surface area contributed by atoms with Crippen molar-refractivity contribution >= 4 is 29.4 Å². The van der Waals surface area contributed by atoms with Crippen LogP contribution in [0.4, 0.5) is 0 Å². The minimum absolute atomic E-state index is 0.0814. The van der Waals surface area contributed by atoms with Gasteiger partial charge in [-0.15, -0.1) is 12.6 Å². The lowest BCUT2D eigenvalue weighted by Crippen LogP contribution is -2.09. The summed E-state index contributed by atoms with van der Waals surface area (Å²) in [4.78, 5) is 25.3. The number of pyridine rings is 1. The van der Waals surface area contributed by atoms with Crippen molar-refractivity contribution in [2.24, 2.45) is 5.73 Å². The predicted molar refractivity (Wildman–Crippen MR) is 86.3 cm³/mol. The van der Waals surface area contributed by atoms with E-state index in [1.54, 1.807) is 25.1 Å². The molecule has 0 aliphatic heterocycles. The molecule has 2 aromatic rings. The molecular weight excluding hydrogens is 292 g/mol. The monoisotopic (exact) mass is 312 g/mol. The summed E-state index contributed by atoms with van der Waals surface area (Å²) in [5, 5.41) is 17.2. The normalized spacial score (nSPS) is 9.19. The summed E-state index contributed by atoms with van der Waals surface area (Å²) in [6.45, 7) is 4.58. The van der Waals surface area contributed by atoms with Crippen LogP contribution in [0.3, 0.4) is 0 Å². The first-order valence-electron chi connectivity index (χ1n) is 6.31. The van der Waals surface area contributed by atoms with Crippen molar-refractivity contribution < 1.29 is 15.0 Å². The van der Waals surface area contributed by atoms with Crippen LogP contribution in [0.25, 0.3) is 10.8 Å². The van der Waals surface area contributed by atoms with Crippen molar-refractivity contribution in [1.82, 2.24) is 4.98 Å².